The van der Waals surface area contributed by atoms with Crippen LogP contribution < -0.4 is 5.32 Å². The lowest BCUT2D eigenvalue weighted by molar-refractivity contribution is -0.111. The molecule has 3 aromatic carbocycles. The molecule has 8 heteroatoms. The molecule has 0 saturated carbocycles. The van der Waals surface area contributed by atoms with Crippen molar-refractivity contribution in [3.8, 4) is 22.8 Å². The van der Waals surface area contributed by atoms with Crippen molar-refractivity contribution in [3.63, 3.8) is 0 Å². The summed E-state index contributed by atoms with van der Waals surface area (Å²) in [5.41, 5.74) is 4.21. The van der Waals surface area contributed by atoms with Crippen LogP contribution in [0.1, 0.15) is 11.3 Å². The molecule has 0 spiro atoms. The smallest absolute Gasteiger partial charge is 0.248 e. The highest BCUT2D eigenvalue weighted by atomic mass is 35.5. The van der Waals surface area contributed by atoms with Gasteiger partial charge in [0.25, 0.3) is 0 Å². The first kappa shape index (κ1) is 23.2. The van der Waals surface area contributed by atoms with E-state index in [0.717, 1.165) is 11.1 Å². The number of nitrogens with zero attached hydrogens (tertiary/aromatic N) is 1. The number of hydrogen-bond donors (Lipinski definition) is 1. The van der Waals surface area contributed by atoms with Gasteiger partial charge >= 0.3 is 0 Å². The Kier molecular flexibility index (Phi) is 6.39. The molecule has 0 aliphatic heterocycles. The van der Waals surface area contributed by atoms with Crippen LogP contribution in [0.4, 0.5) is 5.69 Å². The number of anilines is 1. The van der Waals surface area contributed by atoms with Gasteiger partial charge in [-0.25, -0.2) is 4.98 Å². The summed E-state index contributed by atoms with van der Waals surface area (Å²) in [7, 11) is 0. The van der Waals surface area contributed by atoms with E-state index >= 15 is 0 Å². The number of amides is 1. The van der Waals surface area contributed by atoms with Crippen molar-refractivity contribution >= 4 is 63.6 Å². The second-order valence-electron chi connectivity index (χ2n) is 7.81. The van der Waals surface area contributed by atoms with Gasteiger partial charge in [-0.3, -0.25) is 4.79 Å². The van der Waals surface area contributed by atoms with E-state index in [0.29, 0.717) is 54.8 Å². The lowest BCUT2D eigenvalue weighted by Gasteiger charge is -2.01. The van der Waals surface area contributed by atoms with Crippen LogP contribution in [0.2, 0.25) is 15.1 Å². The zero-order valence-corrected chi connectivity index (χ0v) is 20.6. The second-order valence-corrected chi connectivity index (χ2v) is 9.07. The minimum Gasteiger partial charge on any atom is -0.457 e. The van der Waals surface area contributed by atoms with Gasteiger partial charge in [-0.05, 0) is 73.2 Å². The Morgan fingerprint density at radius 1 is 0.914 bits per heavy atom. The van der Waals surface area contributed by atoms with Crippen molar-refractivity contribution in [1.82, 2.24) is 4.98 Å². The SMILES string of the molecule is Cc1ccc(-c2ccc(/C=C/C(=O)Nc3ccc4oc(-c5ccc(Cl)cc5Cl)nc4c3)o2)cc1Cl. The summed E-state index contributed by atoms with van der Waals surface area (Å²) in [6.07, 6.45) is 3.00. The zero-order chi connectivity index (χ0) is 24.5. The second kappa shape index (κ2) is 9.62. The highest BCUT2D eigenvalue weighted by Gasteiger charge is 2.13. The quantitative estimate of drug-likeness (QED) is 0.234. The Bertz CT molecular complexity index is 1600. The fraction of sp³-hybridized carbons (Fsp3) is 0.0370. The van der Waals surface area contributed by atoms with Crippen molar-refractivity contribution in [3.05, 3.63) is 99.2 Å². The van der Waals surface area contributed by atoms with Gasteiger partial charge in [-0.15, -0.1) is 0 Å². The highest BCUT2D eigenvalue weighted by molar-refractivity contribution is 6.36. The lowest BCUT2D eigenvalue weighted by atomic mass is 10.1. The number of carbonyl (C=O) groups is 1. The maximum absolute atomic E-state index is 12.5. The average Bonchev–Trinajstić information content (AvgIpc) is 3.46. The number of carbonyl (C=O) groups excluding carboxylic acids is 1. The summed E-state index contributed by atoms with van der Waals surface area (Å²) >= 11 is 18.4. The molecule has 0 aliphatic carbocycles. The summed E-state index contributed by atoms with van der Waals surface area (Å²) in [5, 5.41) is 4.45. The molecule has 2 aromatic heterocycles. The average molecular weight is 524 g/mol. The van der Waals surface area contributed by atoms with Gasteiger partial charge in [0.15, 0.2) is 5.58 Å². The van der Waals surface area contributed by atoms with Crippen molar-refractivity contribution in [2.45, 2.75) is 6.92 Å². The van der Waals surface area contributed by atoms with E-state index in [1.807, 2.05) is 31.2 Å². The Balaban J connectivity index is 1.29. The van der Waals surface area contributed by atoms with Crippen molar-refractivity contribution in [1.29, 1.82) is 0 Å². The number of aryl methyl sites for hydroxylation is 1. The Morgan fingerprint density at radius 3 is 2.57 bits per heavy atom. The maximum atomic E-state index is 12.5. The number of aromatic nitrogens is 1. The zero-order valence-electron chi connectivity index (χ0n) is 18.3. The molecule has 5 nitrogen and oxygen atoms in total. The molecule has 0 unspecified atom stereocenters. The molecule has 35 heavy (non-hydrogen) atoms. The molecule has 5 rings (SSSR count). The molecule has 174 valence electrons. The third-order valence-electron chi connectivity index (χ3n) is 5.30. The van der Waals surface area contributed by atoms with Crippen molar-refractivity contribution in [2.24, 2.45) is 0 Å². The predicted molar refractivity (Wildman–Crippen MR) is 141 cm³/mol. The number of hydrogen-bond acceptors (Lipinski definition) is 4. The van der Waals surface area contributed by atoms with Crippen LogP contribution in [-0.4, -0.2) is 10.9 Å². The van der Waals surface area contributed by atoms with Crippen molar-refractivity contribution < 1.29 is 13.6 Å². The number of furan rings is 1. The van der Waals surface area contributed by atoms with Crippen molar-refractivity contribution in [2.75, 3.05) is 5.32 Å². The number of benzene rings is 3. The van der Waals surface area contributed by atoms with Crippen LogP contribution in [0, 0.1) is 6.92 Å². The van der Waals surface area contributed by atoms with Gasteiger partial charge in [-0.1, -0.05) is 46.9 Å². The van der Waals surface area contributed by atoms with Crippen LogP contribution in [0.3, 0.4) is 0 Å². The largest absolute Gasteiger partial charge is 0.457 e. The van der Waals surface area contributed by atoms with Gasteiger partial charge in [0.05, 0.1) is 10.6 Å². The van der Waals surface area contributed by atoms with E-state index in [1.54, 1.807) is 48.5 Å². The Labute approximate surface area is 215 Å². The Hall–Kier alpha value is -3.51. The minimum absolute atomic E-state index is 0.315. The summed E-state index contributed by atoms with van der Waals surface area (Å²) in [6, 6.07) is 19.6. The van der Waals surface area contributed by atoms with Gasteiger partial charge in [-0.2, -0.15) is 0 Å². The van der Waals surface area contributed by atoms with Crippen LogP contribution >= 0.6 is 34.8 Å². The summed E-state index contributed by atoms with van der Waals surface area (Å²) in [6.45, 7) is 1.94. The first-order valence-corrected chi connectivity index (χ1v) is 11.7. The molecule has 2 heterocycles. The lowest BCUT2D eigenvalue weighted by Crippen LogP contribution is -2.07. The molecule has 0 aliphatic rings. The van der Waals surface area contributed by atoms with E-state index in [9.17, 15) is 4.79 Å². The molecular formula is C27H17Cl3N2O3. The molecular weight excluding hydrogens is 507 g/mol. The summed E-state index contributed by atoms with van der Waals surface area (Å²) in [4.78, 5) is 16.9. The molecule has 1 N–H and O–H groups in total. The summed E-state index contributed by atoms with van der Waals surface area (Å²) < 4.78 is 11.6. The Morgan fingerprint density at radius 2 is 1.77 bits per heavy atom. The fourth-order valence-corrected chi connectivity index (χ4v) is 4.14. The van der Waals surface area contributed by atoms with Crippen LogP contribution in [0.25, 0.3) is 40.0 Å². The summed E-state index contributed by atoms with van der Waals surface area (Å²) in [5.74, 6) is 1.27. The minimum atomic E-state index is -0.315. The normalized spacial score (nSPS) is 11.4. The van der Waals surface area contributed by atoms with E-state index in [-0.39, 0.29) is 5.91 Å². The molecule has 1 amide bonds. The van der Waals surface area contributed by atoms with E-state index in [2.05, 4.69) is 10.3 Å². The molecule has 0 saturated heterocycles. The molecule has 5 aromatic rings. The van der Waals surface area contributed by atoms with E-state index in [1.165, 1.54) is 6.08 Å². The predicted octanol–water partition coefficient (Wildman–Crippen LogP) is 8.68. The first-order valence-electron chi connectivity index (χ1n) is 10.6. The number of halogens is 3. The molecule has 0 bridgehead atoms. The van der Waals surface area contributed by atoms with Gasteiger partial charge in [0, 0.05) is 27.4 Å². The monoisotopic (exact) mass is 522 g/mol. The number of fused-ring (bicyclic) bond motifs is 1. The number of rotatable bonds is 5. The molecule has 0 fully saturated rings. The van der Waals surface area contributed by atoms with Crippen LogP contribution in [0.15, 0.2) is 81.6 Å². The number of oxazole rings is 1. The first-order chi connectivity index (χ1) is 16.9. The fourth-order valence-electron chi connectivity index (χ4n) is 3.47. The topological polar surface area (TPSA) is 68.3 Å². The van der Waals surface area contributed by atoms with Crippen LogP contribution in [-0.2, 0) is 4.79 Å². The standard InChI is InChI=1S/C27H17Cl3N2O3/c1-15-2-3-16(12-21(15)29)24-10-6-19(34-24)7-11-26(33)31-18-5-9-25-23(14-18)32-27(35-25)20-8-4-17(28)13-22(20)30/h2-14H,1H3,(H,31,33)/b11-7+. The molecule has 0 radical (unpaired) electrons. The molecule has 0 atom stereocenters. The third kappa shape index (κ3) is 5.13. The van der Waals surface area contributed by atoms with Crippen LogP contribution in [0.5, 0.6) is 0 Å². The van der Waals surface area contributed by atoms with E-state index < -0.39 is 0 Å². The third-order valence-corrected chi connectivity index (χ3v) is 6.25. The maximum Gasteiger partial charge on any atom is 0.248 e. The highest BCUT2D eigenvalue weighted by Crippen LogP contribution is 2.32. The van der Waals surface area contributed by atoms with Gasteiger partial charge in [0.2, 0.25) is 11.8 Å². The van der Waals surface area contributed by atoms with E-state index in [4.69, 9.17) is 43.6 Å². The van der Waals surface area contributed by atoms with Gasteiger partial charge in [0.1, 0.15) is 17.0 Å². The van der Waals surface area contributed by atoms with Gasteiger partial charge < -0.3 is 14.2 Å². The number of nitrogens with one attached hydrogen (secondary N) is 1.